The Labute approximate surface area is 115 Å². The molecule has 0 saturated carbocycles. The largest absolute Gasteiger partial charge is 0.612 e. The number of carbonyl (C=O) groups excluding carboxylic acids is 1. The van der Waals surface area contributed by atoms with Crippen LogP contribution in [-0.4, -0.2) is 16.7 Å². The number of nitrogens with two attached hydrogens (primary N) is 1. The predicted molar refractivity (Wildman–Crippen MR) is 76.2 cm³/mol. The molecule has 0 heterocycles. The first kappa shape index (κ1) is 13.6. The van der Waals surface area contributed by atoms with E-state index in [1.165, 1.54) is 0 Å². The highest BCUT2D eigenvalue weighted by Crippen LogP contribution is 2.17. The Hall–Kier alpha value is -1.82. The van der Waals surface area contributed by atoms with Crippen molar-refractivity contribution in [3.8, 4) is 0 Å². The number of anilines is 1. The zero-order valence-electron chi connectivity index (χ0n) is 10.4. The van der Waals surface area contributed by atoms with E-state index in [2.05, 4.69) is 0 Å². The number of carbonyl (C=O) groups is 1. The van der Waals surface area contributed by atoms with Crippen LogP contribution >= 0.6 is 0 Å². The van der Waals surface area contributed by atoms with Gasteiger partial charge in [-0.25, -0.2) is 10.9 Å². The van der Waals surface area contributed by atoms with E-state index in [1.807, 2.05) is 6.07 Å². The highest BCUT2D eigenvalue weighted by Gasteiger charge is 2.14. The number of nitrogens with zero attached hydrogens (tertiary/aromatic N) is 1. The third-order valence-electron chi connectivity index (χ3n) is 2.69. The summed E-state index contributed by atoms with van der Waals surface area (Å²) in [4.78, 5) is 12.8. The summed E-state index contributed by atoms with van der Waals surface area (Å²) in [5.41, 5.74) is 1.08. The smallest absolute Gasteiger partial charge is 0.272 e. The molecule has 19 heavy (non-hydrogen) atoms. The van der Waals surface area contributed by atoms with Crippen molar-refractivity contribution in [1.29, 1.82) is 0 Å². The van der Waals surface area contributed by atoms with E-state index in [0.717, 1.165) is 5.01 Å². The maximum Gasteiger partial charge on any atom is 0.272 e. The first-order chi connectivity index (χ1) is 9.09. The van der Waals surface area contributed by atoms with Crippen LogP contribution in [0.5, 0.6) is 0 Å². The molecule has 0 spiro atoms. The van der Waals surface area contributed by atoms with E-state index in [1.54, 1.807) is 54.8 Å². The highest BCUT2D eigenvalue weighted by molar-refractivity contribution is 7.90. The van der Waals surface area contributed by atoms with Gasteiger partial charge in [0, 0.05) is 5.56 Å². The van der Waals surface area contributed by atoms with Gasteiger partial charge in [0.1, 0.15) is 6.26 Å². The fourth-order valence-corrected chi connectivity index (χ4v) is 2.15. The molecule has 1 atom stereocenters. The number of hydrogen-bond acceptors (Lipinski definition) is 3. The Morgan fingerprint density at radius 2 is 1.68 bits per heavy atom. The van der Waals surface area contributed by atoms with E-state index in [9.17, 15) is 9.35 Å². The lowest BCUT2D eigenvalue weighted by atomic mass is 10.2. The Kier molecular flexibility index (Phi) is 4.21. The molecule has 4 nitrogen and oxygen atoms in total. The van der Waals surface area contributed by atoms with Gasteiger partial charge in [0.2, 0.25) is 0 Å². The third-order valence-corrected chi connectivity index (χ3v) is 3.62. The normalized spacial score (nSPS) is 11.9. The van der Waals surface area contributed by atoms with Crippen LogP contribution in [0.15, 0.2) is 59.5 Å². The second kappa shape index (κ2) is 5.88. The zero-order chi connectivity index (χ0) is 13.8. The van der Waals surface area contributed by atoms with Gasteiger partial charge in [-0.2, -0.15) is 0 Å². The van der Waals surface area contributed by atoms with Crippen LogP contribution in [0.4, 0.5) is 5.69 Å². The molecule has 5 heteroatoms. The van der Waals surface area contributed by atoms with Gasteiger partial charge in [0.15, 0.2) is 4.90 Å². The lowest BCUT2D eigenvalue weighted by molar-refractivity contribution is 0.0987. The quantitative estimate of drug-likeness (QED) is 0.402. The first-order valence-electron chi connectivity index (χ1n) is 5.67. The van der Waals surface area contributed by atoms with Crippen molar-refractivity contribution in [3.05, 3.63) is 60.2 Å². The molecule has 0 radical (unpaired) electrons. The summed E-state index contributed by atoms with van der Waals surface area (Å²) in [5.74, 6) is 5.52. The SMILES string of the molecule is C[S+]([O-])c1ccc(N(N)C(=O)c2ccccc2)cc1. The lowest BCUT2D eigenvalue weighted by Gasteiger charge is -2.17. The van der Waals surface area contributed by atoms with Crippen molar-refractivity contribution in [2.45, 2.75) is 4.90 Å². The molecule has 0 aromatic heterocycles. The van der Waals surface area contributed by atoms with Gasteiger partial charge in [0.25, 0.3) is 5.91 Å². The van der Waals surface area contributed by atoms with Crippen LogP contribution in [0.3, 0.4) is 0 Å². The number of amides is 1. The summed E-state index contributed by atoms with van der Waals surface area (Å²) in [6.07, 6.45) is 1.60. The van der Waals surface area contributed by atoms with Crippen molar-refractivity contribution >= 4 is 22.8 Å². The first-order valence-corrected chi connectivity index (χ1v) is 7.23. The molecule has 1 amide bonds. The molecule has 2 rings (SSSR count). The highest BCUT2D eigenvalue weighted by atomic mass is 32.2. The van der Waals surface area contributed by atoms with Crippen LogP contribution < -0.4 is 10.9 Å². The standard InChI is InChI=1S/C14H14N2O2S/c1-19(18)13-9-7-12(8-10-13)16(15)14(17)11-5-3-2-4-6-11/h2-10H,15H2,1H3. The van der Waals surface area contributed by atoms with Crippen LogP contribution in [-0.2, 0) is 11.2 Å². The third kappa shape index (κ3) is 3.14. The van der Waals surface area contributed by atoms with E-state index in [-0.39, 0.29) is 5.91 Å². The van der Waals surface area contributed by atoms with Crippen molar-refractivity contribution in [2.75, 3.05) is 11.3 Å². The van der Waals surface area contributed by atoms with Crippen LogP contribution in [0.25, 0.3) is 0 Å². The Morgan fingerprint density at radius 3 is 2.21 bits per heavy atom. The van der Waals surface area contributed by atoms with Gasteiger partial charge in [-0.05, 0) is 47.6 Å². The van der Waals surface area contributed by atoms with E-state index >= 15 is 0 Å². The fraction of sp³-hybridized carbons (Fsp3) is 0.0714. The minimum absolute atomic E-state index is 0.286. The summed E-state index contributed by atoms with van der Waals surface area (Å²) in [6, 6.07) is 15.6. The van der Waals surface area contributed by atoms with Crippen molar-refractivity contribution in [3.63, 3.8) is 0 Å². The van der Waals surface area contributed by atoms with Gasteiger partial charge in [-0.15, -0.1) is 0 Å². The van der Waals surface area contributed by atoms with Crippen molar-refractivity contribution in [1.82, 2.24) is 0 Å². The fourth-order valence-electron chi connectivity index (χ4n) is 1.64. The molecular weight excluding hydrogens is 260 g/mol. The maximum absolute atomic E-state index is 12.1. The van der Waals surface area contributed by atoms with Gasteiger partial charge in [0.05, 0.1) is 5.69 Å². The van der Waals surface area contributed by atoms with Gasteiger partial charge in [-0.1, -0.05) is 18.2 Å². The molecule has 2 aromatic carbocycles. The minimum atomic E-state index is -1.04. The topological polar surface area (TPSA) is 69.4 Å². The number of benzene rings is 2. The maximum atomic E-state index is 12.1. The number of hydrazine groups is 1. The Balaban J connectivity index is 2.20. The van der Waals surface area contributed by atoms with Gasteiger partial charge >= 0.3 is 0 Å². The zero-order valence-corrected chi connectivity index (χ0v) is 11.3. The minimum Gasteiger partial charge on any atom is -0.612 e. The summed E-state index contributed by atoms with van der Waals surface area (Å²) >= 11 is -1.04. The Bertz CT molecular complexity index is 555. The molecule has 98 valence electrons. The van der Waals surface area contributed by atoms with Crippen LogP contribution in [0, 0.1) is 0 Å². The van der Waals surface area contributed by atoms with Crippen molar-refractivity contribution < 1.29 is 9.35 Å². The van der Waals surface area contributed by atoms with Gasteiger partial charge < -0.3 is 4.55 Å². The second-order valence-electron chi connectivity index (χ2n) is 3.99. The summed E-state index contributed by atoms with van der Waals surface area (Å²) in [7, 11) is 0. The molecule has 0 aliphatic carbocycles. The monoisotopic (exact) mass is 274 g/mol. The molecule has 2 aromatic rings. The molecule has 0 aliphatic heterocycles. The van der Waals surface area contributed by atoms with Crippen molar-refractivity contribution in [2.24, 2.45) is 5.84 Å². The molecule has 1 unspecified atom stereocenters. The Morgan fingerprint density at radius 1 is 1.11 bits per heavy atom. The summed E-state index contributed by atoms with van der Waals surface area (Å²) < 4.78 is 11.3. The average molecular weight is 274 g/mol. The second-order valence-corrected chi connectivity index (χ2v) is 5.37. The van der Waals surface area contributed by atoms with E-state index in [4.69, 9.17) is 5.84 Å². The summed E-state index contributed by atoms with van der Waals surface area (Å²) in [5, 5.41) is 1.08. The molecular formula is C14H14N2O2S. The number of rotatable bonds is 3. The average Bonchev–Trinajstić information content (AvgIpc) is 2.46. The van der Waals surface area contributed by atoms with Crippen LogP contribution in [0.2, 0.25) is 0 Å². The van der Waals surface area contributed by atoms with E-state index < -0.39 is 11.2 Å². The molecule has 2 N–H and O–H groups in total. The molecule has 0 saturated heterocycles. The predicted octanol–water partition coefficient (Wildman–Crippen LogP) is 1.94. The number of hydrogen-bond donors (Lipinski definition) is 1. The summed E-state index contributed by atoms with van der Waals surface area (Å²) in [6.45, 7) is 0. The molecule has 0 bridgehead atoms. The molecule has 0 aliphatic rings. The van der Waals surface area contributed by atoms with Gasteiger partial charge in [-0.3, -0.25) is 4.79 Å². The van der Waals surface area contributed by atoms with E-state index in [0.29, 0.717) is 16.1 Å². The lowest BCUT2D eigenvalue weighted by Crippen LogP contribution is -2.37. The molecule has 0 fully saturated rings. The van der Waals surface area contributed by atoms with Crippen LogP contribution in [0.1, 0.15) is 10.4 Å².